The van der Waals surface area contributed by atoms with E-state index in [0.29, 0.717) is 5.56 Å². The van der Waals surface area contributed by atoms with Crippen LogP contribution in [0.4, 0.5) is 0 Å². The number of hydrogen-bond donors (Lipinski definition) is 2. The molecular weight excluding hydrogens is 294 g/mol. The highest BCUT2D eigenvalue weighted by atomic mass is 32.2. The van der Waals surface area contributed by atoms with E-state index in [-0.39, 0.29) is 24.2 Å². The maximum atomic E-state index is 12.1. The fraction of sp³-hybridized carbons (Fsp3) is 0.357. The number of hydrogen-bond acceptors (Lipinski definition) is 4. The van der Waals surface area contributed by atoms with Crippen molar-refractivity contribution in [1.29, 1.82) is 0 Å². The minimum Gasteiger partial charge on any atom is -0.478 e. The molecule has 0 aromatic heterocycles. The molecule has 1 aromatic carbocycles. The summed E-state index contributed by atoms with van der Waals surface area (Å²) < 4.78 is 31.8. The van der Waals surface area contributed by atoms with E-state index in [2.05, 4.69) is 4.72 Å². The average molecular weight is 313 g/mol. The first-order valence-corrected chi connectivity index (χ1v) is 7.92. The average Bonchev–Trinajstić information content (AvgIpc) is 2.41. The van der Waals surface area contributed by atoms with E-state index in [0.717, 1.165) is 6.08 Å². The van der Waals surface area contributed by atoms with Crippen molar-refractivity contribution in [3.63, 3.8) is 0 Å². The first-order chi connectivity index (χ1) is 9.81. The molecule has 1 aromatic rings. The molecule has 0 atom stereocenters. The highest BCUT2D eigenvalue weighted by Crippen LogP contribution is 2.12. The van der Waals surface area contributed by atoms with Crippen LogP contribution in [0.2, 0.25) is 0 Å². The molecule has 0 saturated heterocycles. The Bertz CT molecular complexity index is 608. The fourth-order valence-electron chi connectivity index (χ4n) is 1.51. The van der Waals surface area contributed by atoms with Gasteiger partial charge < -0.3 is 9.84 Å². The van der Waals surface area contributed by atoms with Gasteiger partial charge >= 0.3 is 5.97 Å². The van der Waals surface area contributed by atoms with Crippen LogP contribution in [-0.4, -0.2) is 38.7 Å². The minimum absolute atomic E-state index is 0.0407. The van der Waals surface area contributed by atoms with Crippen molar-refractivity contribution < 1.29 is 23.1 Å². The highest BCUT2D eigenvalue weighted by molar-refractivity contribution is 7.89. The van der Waals surface area contributed by atoms with Crippen molar-refractivity contribution in [1.82, 2.24) is 4.72 Å². The first-order valence-electron chi connectivity index (χ1n) is 6.43. The Labute approximate surface area is 124 Å². The number of ether oxygens (including phenoxy) is 1. The van der Waals surface area contributed by atoms with Crippen LogP contribution in [0.25, 0.3) is 6.08 Å². The van der Waals surface area contributed by atoms with Crippen LogP contribution in [0.15, 0.2) is 35.2 Å². The van der Waals surface area contributed by atoms with Crippen molar-refractivity contribution in [2.24, 2.45) is 0 Å². The van der Waals surface area contributed by atoms with Crippen molar-refractivity contribution >= 4 is 22.1 Å². The predicted molar refractivity (Wildman–Crippen MR) is 79.4 cm³/mol. The lowest BCUT2D eigenvalue weighted by Crippen LogP contribution is -2.28. The zero-order chi connectivity index (χ0) is 15.9. The smallest absolute Gasteiger partial charge is 0.328 e. The molecule has 6 nitrogen and oxygen atoms in total. The second-order valence-corrected chi connectivity index (χ2v) is 6.33. The summed E-state index contributed by atoms with van der Waals surface area (Å²) in [7, 11) is -3.63. The van der Waals surface area contributed by atoms with Gasteiger partial charge in [0.1, 0.15) is 0 Å². The fourth-order valence-corrected chi connectivity index (χ4v) is 2.57. The third-order valence-corrected chi connectivity index (χ3v) is 3.89. The number of rotatable bonds is 8. The van der Waals surface area contributed by atoms with Gasteiger partial charge in [0.2, 0.25) is 10.0 Å². The van der Waals surface area contributed by atoms with E-state index >= 15 is 0 Å². The Morgan fingerprint density at radius 2 is 2.14 bits per heavy atom. The number of sulfonamides is 1. The number of benzene rings is 1. The molecular formula is C14H19NO5S. The molecule has 21 heavy (non-hydrogen) atoms. The van der Waals surface area contributed by atoms with Crippen LogP contribution in [0.1, 0.15) is 19.4 Å². The molecule has 0 radical (unpaired) electrons. The van der Waals surface area contributed by atoms with Crippen LogP contribution in [0, 0.1) is 0 Å². The lowest BCUT2D eigenvalue weighted by Gasteiger charge is -2.09. The first kappa shape index (κ1) is 17.4. The summed E-state index contributed by atoms with van der Waals surface area (Å²) >= 11 is 0. The molecule has 1 rings (SSSR count). The van der Waals surface area contributed by atoms with Gasteiger partial charge in [-0.1, -0.05) is 12.1 Å². The zero-order valence-electron chi connectivity index (χ0n) is 11.9. The maximum Gasteiger partial charge on any atom is 0.328 e. The third-order valence-electron chi connectivity index (χ3n) is 2.43. The van der Waals surface area contributed by atoms with Crippen molar-refractivity contribution in [3.05, 3.63) is 35.9 Å². The molecule has 0 aliphatic carbocycles. The largest absolute Gasteiger partial charge is 0.478 e. The zero-order valence-corrected chi connectivity index (χ0v) is 12.8. The molecule has 0 aliphatic rings. The molecule has 116 valence electrons. The van der Waals surface area contributed by atoms with Crippen LogP contribution < -0.4 is 4.72 Å². The standard InChI is InChI=1S/C14H19NO5S/c1-11(2)20-9-8-15-21(18,19)13-5-3-4-12(10-13)6-7-14(16)17/h3-7,10-11,15H,8-9H2,1-2H3,(H,16,17)/b7-6+. The Balaban J connectivity index is 2.74. The van der Waals surface area contributed by atoms with Crippen LogP contribution in [0.3, 0.4) is 0 Å². The van der Waals surface area contributed by atoms with Gasteiger partial charge in [-0.2, -0.15) is 0 Å². The van der Waals surface area contributed by atoms with Gasteiger partial charge in [0.15, 0.2) is 0 Å². The molecule has 0 spiro atoms. The van der Waals surface area contributed by atoms with E-state index in [1.165, 1.54) is 18.2 Å². The van der Waals surface area contributed by atoms with Crippen molar-refractivity contribution in [3.8, 4) is 0 Å². The number of carboxylic acids is 1. The summed E-state index contributed by atoms with van der Waals surface area (Å²) in [6.45, 7) is 4.20. The van der Waals surface area contributed by atoms with Gasteiger partial charge in [0.05, 0.1) is 17.6 Å². The Hall–Kier alpha value is -1.70. The van der Waals surface area contributed by atoms with Gasteiger partial charge in [-0.3, -0.25) is 0 Å². The SMILES string of the molecule is CC(C)OCCNS(=O)(=O)c1cccc(/C=C/C(=O)O)c1. The third kappa shape index (κ3) is 6.52. The minimum atomic E-state index is -3.63. The summed E-state index contributed by atoms with van der Waals surface area (Å²) in [5.74, 6) is -1.09. The summed E-state index contributed by atoms with van der Waals surface area (Å²) in [6.07, 6.45) is 2.33. The molecule has 0 heterocycles. The lowest BCUT2D eigenvalue weighted by atomic mass is 10.2. The van der Waals surface area contributed by atoms with Crippen molar-refractivity contribution in [2.75, 3.05) is 13.2 Å². The Kier molecular flexibility index (Phi) is 6.54. The summed E-state index contributed by atoms with van der Waals surface area (Å²) in [6, 6.07) is 6.04. The van der Waals surface area contributed by atoms with E-state index in [1.54, 1.807) is 12.1 Å². The highest BCUT2D eigenvalue weighted by Gasteiger charge is 2.13. The van der Waals surface area contributed by atoms with E-state index < -0.39 is 16.0 Å². The van der Waals surface area contributed by atoms with Gasteiger partial charge in [-0.05, 0) is 37.6 Å². The second kappa shape index (κ2) is 7.92. The van der Waals surface area contributed by atoms with Crippen LogP contribution in [0.5, 0.6) is 0 Å². The molecule has 0 fully saturated rings. The van der Waals surface area contributed by atoms with Gasteiger partial charge in [-0.25, -0.2) is 17.9 Å². The summed E-state index contributed by atoms with van der Waals surface area (Å²) in [5.41, 5.74) is 0.499. The predicted octanol–water partition coefficient (Wildman–Crippen LogP) is 1.49. The molecule has 0 saturated carbocycles. The van der Waals surface area contributed by atoms with Crippen LogP contribution >= 0.6 is 0 Å². The Morgan fingerprint density at radius 1 is 1.43 bits per heavy atom. The van der Waals surface area contributed by atoms with Gasteiger partial charge in [0.25, 0.3) is 0 Å². The number of carboxylic acid groups (broad SMARTS) is 1. The quantitative estimate of drug-likeness (QED) is 0.560. The van der Waals surface area contributed by atoms with Crippen molar-refractivity contribution in [2.45, 2.75) is 24.8 Å². The van der Waals surface area contributed by atoms with E-state index in [9.17, 15) is 13.2 Å². The second-order valence-electron chi connectivity index (χ2n) is 4.56. The number of nitrogens with one attached hydrogen (secondary N) is 1. The number of aliphatic carboxylic acids is 1. The topological polar surface area (TPSA) is 92.7 Å². The number of carbonyl (C=O) groups is 1. The maximum absolute atomic E-state index is 12.1. The molecule has 2 N–H and O–H groups in total. The Morgan fingerprint density at radius 3 is 2.76 bits per heavy atom. The summed E-state index contributed by atoms with van der Waals surface area (Å²) in [5, 5.41) is 8.56. The van der Waals surface area contributed by atoms with Gasteiger partial charge in [-0.15, -0.1) is 0 Å². The lowest BCUT2D eigenvalue weighted by molar-refractivity contribution is -0.131. The van der Waals surface area contributed by atoms with Crippen LogP contribution in [-0.2, 0) is 19.6 Å². The molecule has 0 unspecified atom stereocenters. The molecule has 7 heteroatoms. The molecule has 0 amide bonds. The summed E-state index contributed by atoms with van der Waals surface area (Å²) in [4.78, 5) is 10.5. The molecule has 0 aliphatic heterocycles. The van der Waals surface area contributed by atoms with E-state index in [4.69, 9.17) is 9.84 Å². The molecule has 0 bridgehead atoms. The monoisotopic (exact) mass is 313 g/mol. The van der Waals surface area contributed by atoms with Gasteiger partial charge in [0, 0.05) is 12.6 Å². The normalized spacial score (nSPS) is 12.1. The van der Waals surface area contributed by atoms with E-state index in [1.807, 2.05) is 13.8 Å².